The summed E-state index contributed by atoms with van der Waals surface area (Å²) in [7, 11) is 1.49. The van der Waals surface area contributed by atoms with Crippen molar-refractivity contribution in [3.8, 4) is 5.75 Å². The highest BCUT2D eigenvalue weighted by Gasteiger charge is 2.25. The largest absolute Gasteiger partial charge is 0.495 e. The molecule has 23 heavy (non-hydrogen) atoms. The maximum absolute atomic E-state index is 12.1. The van der Waals surface area contributed by atoms with E-state index in [1.165, 1.54) is 14.0 Å². The van der Waals surface area contributed by atoms with Gasteiger partial charge in [0.2, 0.25) is 5.88 Å². The first-order valence-corrected chi connectivity index (χ1v) is 6.80. The van der Waals surface area contributed by atoms with Gasteiger partial charge in [-0.2, -0.15) is 0 Å². The molecule has 1 amide bonds. The number of anilines is 2. The molecule has 0 aliphatic heterocycles. The van der Waals surface area contributed by atoms with Crippen LogP contribution in [0.15, 0.2) is 28.8 Å². The number of aromatic nitrogens is 1. The molecule has 3 N–H and O–H groups in total. The second-order valence-electron chi connectivity index (χ2n) is 4.74. The zero-order valence-electron chi connectivity index (χ0n) is 13.0. The molecule has 0 aliphatic rings. The molecule has 0 spiro atoms. The molecule has 0 unspecified atom stereocenters. The lowest BCUT2D eigenvalue weighted by Gasteiger charge is -2.14. The van der Waals surface area contributed by atoms with E-state index in [1.54, 1.807) is 31.2 Å². The normalized spacial score (nSPS) is 11.6. The number of nitrogens with one attached hydrogen (secondary N) is 1. The molecular weight excluding hydrogens is 302 g/mol. The fourth-order valence-electron chi connectivity index (χ4n) is 1.89. The minimum Gasteiger partial charge on any atom is -0.495 e. The monoisotopic (exact) mass is 319 g/mol. The Morgan fingerprint density at radius 3 is 2.65 bits per heavy atom. The van der Waals surface area contributed by atoms with Crippen LogP contribution in [-0.2, 0) is 9.53 Å². The minimum absolute atomic E-state index is 0.0157. The molecule has 0 saturated heterocycles. The number of amides is 1. The van der Waals surface area contributed by atoms with E-state index in [1.807, 2.05) is 0 Å². The van der Waals surface area contributed by atoms with Gasteiger partial charge in [-0.15, -0.1) is 0 Å². The number of nitrogens with two attached hydrogens (primary N) is 1. The molecule has 1 atom stereocenters. The Hall–Kier alpha value is -3.03. The summed E-state index contributed by atoms with van der Waals surface area (Å²) < 4.78 is 14.9. The van der Waals surface area contributed by atoms with Gasteiger partial charge >= 0.3 is 5.97 Å². The van der Waals surface area contributed by atoms with E-state index >= 15 is 0 Å². The van der Waals surface area contributed by atoms with Crippen molar-refractivity contribution in [3.05, 3.63) is 35.5 Å². The van der Waals surface area contributed by atoms with E-state index in [-0.39, 0.29) is 11.4 Å². The average molecular weight is 319 g/mol. The van der Waals surface area contributed by atoms with E-state index in [9.17, 15) is 9.59 Å². The smallest absolute Gasteiger partial charge is 0.346 e. The molecule has 0 saturated carbocycles. The van der Waals surface area contributed by atoms with Gasteiger partial charge in [0.05, 0.1) is 18.5 Å². The van der Waals surface area contributed by atoms with Crippen molar-refractivity contribution < 1.29 is 23.6 Å². The number of aryl methyl sites for hydroxylation is 1. The summed E-state index contributed by atoms with van der Waals surface area (Å²) in [6.45, 7) is 3.00. The molecule has 1 aromatic heterocycles. The van der Waals surface area contributed by atoms with Crippen molar-refractivity contribution in [1.82, 2.24) is 5.16 Å². The van der Waals surface area contributed by atoms with E-state index in [4.69, 9.17) is 19.7 Å². The van der Waals surface area contributed by atoms with Gasteiger partial charge in [0, 0.05) is 0 Å². The Kier molecular flexibility index (Phi) is 4.85. The molecular formula is C15H17N3O5. The summed E-state index contributed by atoms with van der Waals surface area (Å²) in [6, 6.07) is 6.90. The number of nitrogens with zero attached hydrogens (tertiary/aromatic N) is 1. The second kappa shape index (κ2) is 6.82. The van der Waals surface area contributed by atoms with Crippen LogP contribution in [0.1, 0.15) is 23.0 Å². The van der Waals surface area contributed by atoms with Crippen molar-refractivity contribution in [2.75, 3.05) is 18.2 Å². The van der Waals surface area contributed by atoms with Crippen molar-refractivity contribution in [2.45, 2.75) is 20.0 Å². The first kappa shape index (κ1) is 16.3. The third-order valence-electron chi connectivity index (χ3n) is 3.11. The third kappa shape index (κ3) is 3.60. The number of carbonyl (C=O) groups excluding carboxylic acids is 2. The Morgan fingerprint density at radius 1 is 1.35 bits per heavy atom. The maximum atomic E-state index is 12.1. The molecule has 2 aromatic rings. The SMILES string of the molecule is COc1ccccc1NC(=O)[C@H](C)OC(=O)c1c(C)noc1N. The standard InChI is InChI=1S/C15H17N3O5/c1-8-12(13(16)23-18-8)15(20)22-9(2)14(19)17-10-6-4-5-7-11(10)21-3/h4-7,9H,16H2,1-3H3,(H,17,19)/t9-/m0/s1. The summed E-state index contributed by atoms with van der Waals surface area (Å²) in [4.78, 5) is 24.2. The first-order chi connectivity index (χ1) is 10.9. The molecule has 0 bridgehead atoms. The summed E-state index contributed by atoms with van der Waals surface area (Å²) in [5.74, 6) is -0.928. The fraction of sp³-hybridized carbons (Fsp3) is 0.267. The molecule has 0 fully saturated rings. The van der Waals surface area contributed by atoms with Crippen LogP contribution < -0.4 is 15.8 Å². The topological polar surface area (TPSA) is 117 Å². The van der Waals surface area contributed by atoms with Gasteiger partial charge < -0.3 is 25.0 Å². The zero-order chi connectivity index (χ0) is 17.0. The van der Waals surface area contributed by atoms with Crippen molar-refractivity contribution in [3.63, 3.8) is 0 Å². The number of hydrogen-bond acceptors (Lipinski definition) is 7. The number of carbonyl (C=O) groups is 2. The number of ether oxygens (including phenoxy) is 2. The quantitative estimate of drug-likeness (QED) is 0.806. The Morgan fingerprint density at radius 2 is 2.04 bits per heavy atom. The van der Waals surface area contributed by atoms with Crippen LogP contribution in [0.3, 0.4) is 0 Å². The number of para-hydroxylation sites is 2. The number of methoxy groups -OCH3 is 1. The highest BCUT2D eigenvalue weighted by Crippen LogP contribution is 2.23. The lowest BCUT2D eigenvalue weighted by Crippen LogP contribution is -2.30. The molecule has 2 rings (SSSR count). The minimum atomic E-state index is -1.04. The van der Waals surface area contributed by atoms with Gasteiger partial charge in [-0.05, 0) is 26.0 Å². The van der Waals surface area contributed by atoms with Crippen LogP contribution in [0, 0.1) is 6.92 Å². The van der Waals surface area contributed by atoms with Crippen molar-refractivity contribution in [1.29, 1.82) is 0 Å². The Labute approximate surface area is 132 Å². The number of benzene rings is 1. The number of hydrogen-bond donors (Lipinski definition) is 2. The van der Waals surface area contributed by atoms with Crippen molar-refractivity contribution in [2.24, 2.45) is 0 Å². The van der Waals surface area contributed by atoms with Gasteiger partial charge in [0.25, 0.3) is 5.91 Å². The van der Waals surface area contributed by atoms with Crippen molar-refractivity contribution >= 4 is 23.4 Å². The Balaban J connectivity index is 2.04. The highest BCUT2D eigenvalue weighted by atomic mass is 16.5. The van der Waals surface area contributed by atoms with Gasteiger partial charge in [0.15, 0.2) is 6.10 Å². The van der Waals surface area contributed by atoms with Gasteiger partial charge in [0.1, 0.15) is 11.3 Å². The lowest BCUT2D eigenvalue weighted by atomic mass is 10.2. The van der Waals surface area contributed by atoms with E-state index in [0.29, 0.717) is 17.1 Å². The van der Waals surface area contributed by atoms with Gasteiger partial charge in [-0.25, -0.2) is 4.79 Å². The molecule has 0 radical (unpaired) electrons. The summed E-state index contributed by atoms with van der Waals surface area (Å²) in [5, 5.41) is 6.19. The number of nitrogen functional groups attached to an aromatic ring is 1. The molecule has 122 valence electrons. The first-order valence-electron chi connectivity index (χ1n) is 6.80. The molecule has 8 nitrogen and oxygen atoms in total. The van der Waals surface area contributed by atoms with Gasteiger partial charge in [-0.3, -0.25) is 4.79 Å². The van der Waals surface area contributed by atoms with E-state index in [0.717, 1.165) is 0 Å². The number of rotatable bonds is 5. The average Bonchev–Trinajstić information content (AvgIpc) is 2.86. The Bertz CT molecular complexity index is 706. The number of esters is 1. The maximum Gasteiger partial charge on any atom is 0.346 e. The van der Waals surface area contributed by atoms with E-state index in [2.05, 4.69) is 10.5 Å². The van der Waals surface area contributed by atoms with Crippen LogP contribution in [0.2, 0.25) is 0 Å². The fourth-order valence-corrected chi connectivity index (χ4v) is 1.89. The summed E-state index contributed by atoms with van der Waals surface area (Å²) in [6.07, 6.45) is -1.04. The van der Waals surface area contributed by atoms with Crippen LogP contribution in [0.5, 0.6) is 5.75 Å². The van der Waals surface area contributed by atoms with Crippen LogP contribution in [0.25, 0.3) is 0 Å². The molecule has 1 aromatic carbocycles. The second-order valence-corrected chi connectivity index (χ2v) is 4.74. The molecule has 1 heterocycles. The van der Waals surface area contributed by atoms with E-state index < -0.39 is 18.0 Å². The van der Waals surface area contributed by atoms with Crippen LogP contribution >= 0.6 is 0 Å². The summed E-state index contributed by atoms with van der Waals surface area (Å²) >= 11 is 0. The predicted octanol–water partition coefficient (Wildman–Crippen LogP) is 1.76. The van der Waals surface area contributed by atoms with Crippen LogP contribution in [-0.4, -0.2) is 30.2 Å². The van der Waals surface area contributed by atoms with Crippen LogP contribution in [0.4, 0.5) is 11.6 Å². The van der Waals surface area contributed by atoms with Gasteiger partial charge in [-0.1, -0.05) is 17.3 Å². The lowest BCUT2D eigenvalue weighted by molar-refractivity contribution is -0.123. The highest BCUT2D eigenvalue weighted by molar-refractivity contribution is 5.99. The molecule has 8 heteroatoms. The predicted molar refractivity (Wildman–Crippen MR) is 82.2 cm³/mol. The zero-order valence-corrected chi connectivity index (χ0v) is 13.0. The molecule has 0 aliphatic carbocycles. The summed E-state index contributed by atoms with van der Waals surface area (Å²) in [5.41, 5.74) is 6.30. The third-order valence-corrected chi connectivity index (χ3v) is 3.11.